The molecule has 0 saturated carbocycles. The molecule has 0 aromatic carbocycles. The maximum atomic E-state index is 11.4. The van der Waals surface area contributed by atoms with Crippen LogP contribution < -0.4 is 0 Å². The molecule has 0 atom stereocenters. The first-order chi connectivity index (χ1) is 10.2. The average molecular weight is 294 g/mol. The van der Waals surface area contributed by atoms with E-state index >= 15 is 0 Å². The Morgan fingerprint density at radius 1 is 0.857 bits per heavy atom. The van der Waals surface area contributed by atoms with Crippen LogP contribution >= 0.6 is 0 Å². The summed E-state index contributed by atoms with van der Waals surface area (Å²) in [5.74, 6) is -0.486. The fraction of sp³-hybridized carbons (Fsp3) is 0.667. The standard InChI is InChI=1S/C18H30O3/c1-2-3-11-14-17(19)15-12-9-7-5-4-6-8-10-13-16-18(20)21/h7,9,12,15H,2-6,8,10-11,13-14,16H2,1H3,(H,20,21)/b9-7-,15-12+. The van der Waals surface area contributed by atoms with Crippen LogP contribution in [0.15, 0.2) is 24.3 Å². The van der Waals surface area contributed by atoms with E-state index in [1.165, 1.54) is 0 Å². The molecular weight excluding hydrogens is 264 g/mol. The molecule has 0 saturated heterocycles. The van der Waals surface area contributed by atoms with E-state index in [2.05, 4.69) is 13.0 Å². The molecule has 0 amide bonds. The first kappa shape index (κ1) is 19.6. The monoisotopic (exact) mass is 294 g/mol. The Labute approximate surface area is 129 Å². The Kier molecular flexibility index (Phi) is 14.0. The maximum Gasteiger partial charge on any atom is 0.303 e. The first-order valence-corrected chi connectivity index (χ1v) is 8.24. The molecule has 0 aliphatic rings. The van der Waals surface area contributed by atoms with Gasteiger partial charge in [0.15, 0.2) is 5.78 Å². The number of rotatable bonds is 14. The molecule has 1 N–H and O–H groups in total. The fourth-order valence-electron chi connectivity index (χ4n) is 2.04. The van der Waals surface area contributed by atoms with Crippen LogP contribution in [0.2, 0.25) is 0 Å². The zero-order chi connectivity index (χ0) is 15.8. The third-order valence-electron chi connectivity index (χ3n) is 3.32. The van der Waals surface area contributed by atoms with Crippen molar-refractivity contribution in [2.45, 2.75) is 77.6 Å². The zero-order valence-electron chi connectivity index (χ0n) is 13.4. The largest absolute Gasteiger partial charge is 0.481 e. The minimum Gasteiger partial charge on any atom is -0.481 e. The normalized spacial score (nSPS) is 11.5. The van der Waals surface area contributed by atoms with Gasteiger partial charge >= 0.3 is 5.97 Å². The Morgan fingerprint density at radius 2 is 1.52 bits per heavy atom. The summed E-state index contributed by atoms with van der Waals surface area (Å²) < 4.78 is 0. The summed E-state index contributed by atoms with van der Waals surface area (Å²) in [6.07, 6.45) is 17.9. The quantitative estimate of drug-likeness (QED) is 0.277. The van der Waals surface area contributed by atoms with Crippen LogP contribution in [0, 0.1) is 0 Å². The van der Waals surface area contributed by atoms with E-state index in [1.807, 2.05) is 12.2 Å². The molecule has 0 aliphatic carbocycles. The number of ketones is 1. The van der Waals surface area contributed by atoms with Crippen LogP contribution in [0.25, 0.3) is 0 Å². The van der Waals surface area contributed by atoms with E-state index in [1.54, 1.807) is 6.08 Å². The number of hydrogen-bond donors (Lipinski definition) is 1. The van der Waals surface area contributed by atoms with Gasteiger partial charge in [-0.05, 0) is 31.8 Å². The molecule has 0 aromatic rings. The third kappa shape index (κ3) is 16.6. The highest BCUT2D eigenvalue weighted by Gasteiger charge is 1.96. The summed E-state index contributed by atoms with van der Waals surface area (Å²) in [5, 5.41) is 8.50. The molecule has 0 bridgehead atoms. The minimum atomic E-state index is -0.700. The predicted octanol–water partition coefficient (Wildman–Crippen LogP) is 5.06. The van der Waals surface area contributed by atoms with Gasteiger partial charge in [-0.25, -0.2) is 0 Å². The highest BCUT2D eigenvalue weighted by Crippen LogP contribution is 2.07. The molecule has 0 spiro atoms. The number of unbranched alkanes of at least 4 members (excludes halogenated alkanes) is 7. The highest BCUT2D eigenvalue weighted by atomic mass is 16.4. The lowest BCUT2D eigenvalue weighted by atomic mass is 10.1. The van der Waals surface area contributed by atoms with Crippen molar-refractivity contribution in [3.8, 4) is 0 Å². The van der Waals surface area contributed by atoms with E-state index in [9.17, 15) is 9.59 Å². The van der Waals surface area contributed by atoms with Gasteiger partial charge in [-0.3, -0.25) is 9.59 Å². The highest BCUT2D eigenvalue weighted by molar-refractivity contribution is 5.89. The SMILES string of the molecule is CCCCCC(=O)/C=C/C=C\CCCCCCCC(=O)O. The second-order valence-electron chi connectivity index (χ2n) is 5.41. The van der Waals surface area contributed by atoms with Crippen molar-refractivity contribution < 1.29 is 14.7 Å². The summed E-state index contributed by atoms with van der Waals surface area (Å²) in [4.78, 5) is 21.8. The van der Waals surface area contributed by atoms with Gasteiger partial charge in [-0.1, -0.05) is 57.3 Å². The molecule has 0 heterocycles. The van der Waals surface area contributed by atoms with Crippen LogP contribution in [0.5, 0.6) is 0 Å². The molecule has 3 heteroatoms. The molecule has 3 nitrogen and oxygen atoms in total. The van der Waals surface area contributed by atoms with E-state index < -0.39 is 5.97 Å². The lowest BCUT2D eigenvalue weighted by Gasteiger charge is -1.97. The lowest BCUT2D eigenvalue weighted by Crippen LogP contribution is -1.93. The lowest BCUT2D eigenvalue weighted by molar-refractivity contribution is -0.137. The Balaban J connectivity index is 3.39. The third-order valence-corrected chi connectivity index (χ3v) is 3.32. The first-order valence-electron chi connectivity index (χ1n) is 8.24. The van der Waals surface area contributed by atoms with Gasteiger partial charge in [0, 0.05) is 12.8 Å². The van der Waals surface area contributed by atoms with Crippen molar-refractivity contribution >= 4 is 11.8 Å². The fourth-order valence-corrected chi connectivity index (χ4v) is 2.04. The van der Waals surface area contributed by atoms with Gasteiger partial charge < -0.3 is 5.11 Å². The Morgan fingerprint density at radius 3 is 2.24 bits per heavy atom. The minimum absolute atomic E-state index is 0.214. The van der Waals surface area contributed by atoms with Crippen LogP contribution in [0.1, 0.15) is 77.6 Å². The van der Waals surface area contributed by atoms with Crippen molar-refractivity contribution in [2.24, 2.45) is 0 Å². The van der Waals surface area contributed by atoms with Crippen LogP contribution in [0.3, 0.4) is 0 Å². The summed E-state index contributed by atoms with van der Waals surface area (Å²) in [7, 11) is 0. The van der Waals surface area contributed by atoms with Crippen molar-refractivity contribution in [1.29, 1.82) is 0 Å². The van der Waals surface area contributed by atoms with Crippen molar-refractivity contribution in [1.82, 2.24) is 0 Å². The average Bonchev–Trinajstić information content (AvgIpc) is 2.44. The van der Waals surface area contributed by atoms with Crippen LogP contribution in [-0.4, -0.2) is 16.9 Å². The van der Waals surface area contributed by atoms with E-state index in [0.29, 0.717) is 6.42 Å². The Bertz CT molecular complexity index is 329. The van der Waals surface area contributed by atoms with Gasteiger partial charge in [-0.2, -0.15) is 0 Å². The second-order valence-corrected chi connectivity index (χ2v) is 5.41. The molecule has 0 unspecified atom stereocenters. The van der Waals surface area contributed by atoms with Gasteiger partial charge in [-0.15, -0.1) is 0 Å². The predicted molar refractivity (Wildman–Crippen MR) is 87.4 cm³/mol. The smallest absolute Gasteiger partial charge is 0.303 e. The van der Waals surface area contributed by atoms with Crippen molar-refractivity contribution in [3.05, 3.63) is 24.3 Å². The molecule has 0 rings (SSSR count). The van der Waals surface area contributed by atoms with E-state index in [-0.39, 0.29) is 12.2 Å². The molecule has 120 valence electrons. The van der Waals surface area contributed by atoms with Crippen LogP contribution in [0.4, 0.5) is 0 Å². The van der Waals surface area contributed by atoms with Gasteiger partial charge in [0.25, 0.3) is 0 Å². The molecule has 0 aliphatic heterocycles. The number of hydrogen-bond acceptors (Lipinski definition) is 2. The number of carbonyl (C=O) groups is 2. The van der Waals surface area contributed by atoms with Gasteiger partial charge in [0.05, 0.1) is 0 Å². The maximum absolute atomic E-state index is 11.4. The molecule has 0 radical (unpaired) electrons. The number of carbonyl (C=O) groups excluding carboxylic acids is 1. The van der Waals surface area contributed by atoms with Gasteiger partial charge in [0.2, 0.25) is 0 Å². The van der Waals surface area contributed by atoms with E-state index in [4.69, 9.17) is 5.11 Å². The number of allylic oxidation sites excluding steroid dienone is 4. The second kappa shape index (κ2) is 15.0. The molecule has 21 heavy (non-hydrogen) atoms. The molecule has 0 aromatic heterocycles. The van der Waals surface area contributed by atoms with Crippen LogP contribution in [-0.2, 0) is 9.59 Å². The molecular formula is C18H30O3. The van der Waals surface area contributed by atoms with Gasteiger partial charge in [0.1, 0.15) is 0 Å². The number of carboxylic acid groups (broad SMARTS) is 1. The van der Waals surface area contributed by atoms with Crippen molar-refractivity contribution in [2.75, 3.05) is 0 Å². The zero-order valence-corrected chi connectivity index (χ0v) is 13.4. The molecule has 0 fully saturated rings. The summed E-state index contributed by atoms with van der Waals surface area (Å²) in [5.41, 5.74) is 0. The summed E-state index contributed by atoms with van der Waals surface area (Å²) in [6.45, 7) is 2.13. The van der Waals surface area contributed by atoms with Crippen molar-refractivity contribution in [3.63, 3.8) is 0 Å². The van der Waals surface area contributed by atoms with E-state index in [0.717, 1.165) is 57.8 Å². The summed E-state index contributed by atoms with van der Waals surface area (Å²) >= 11 is 0. The number of carboxylic acids is 1. The topological polar surface area (TPSA) is 54.4 Å². The summed E-state index contributed by atoms with van der Waals surface area (Å²) in [6, 6.07) is 0. The Hall–Kier alpha value is -1.38. The number of aliphatic carboxylic acids is 1.